The highest BCUT2D eigenvalue weighted by Gasteiger charge is 2.28. The van der Waals surface area contributed by atoms with Gasteiger partial charge in [0.05, 0.1) is 37.5 Å². The molecule has 1 aliphatic rings. The molecule has 1 saturated heterocycles. The number of rotatable bonds is 6. The van der Waals surface area contributed by atoms with E-state index in [0.717, 1.165) is 23.3 Å². The van der Waals surface area contributed by atoms with Crippen LogP contribution in [-0.4, -0.2) is 47.3 Å². The van der Waals surface area contributed by atoms with Gasteiger partial charge in [0.2, 0.25) is 5.91 Å². The van der Waals surface area contributed by atoms with Gasteiger partial charge in [-0.25, -0.2) is 4.98 Å². The van der Waals surface area contributed by atoms with Crippen LogP contribution in [0.15, 0.2) is 36.2 Å². The molecule has 6 heteroatoms. The van der Waals surface area contributed by atoms with E-state index in [1.807, 2.05) is 43.5 Å². The molecule has 0 spiro atoms. The number of fused-ring (bicyclic) bond motifs is 1. The molecule has 1 fully saturated rings. The molecule has 26 heavy (non-hydrogen) atoms. The molecule has 0 bridgehead atoms. The van der Waals surface area contributed by atoms with Crippen LogP contribution in [0.3, 0.4) is 0 Å². The minimum atomic E-state index is -0.122. The molecule has 3 rings (SSSR count). The second-order valence-corrected chi connectivity index (χ2v) is 7.00. The zero-order valence-corrected chi connectivity index (χ0v) is 15.7. The van der Waals surface area contributed by atoms with Gasteiger partial charge < -0.3 is 19.2 Å². The first kappa shape index (κ1) is 18.6. The molecule has 140 valence electrons. The lowest BCUT2D eigenvalue weighted by Crippen LogP contribution is -2.51. The molecule has 0 radical (unpaired) electrons. The largest absolute Gasteiger partial charge is 0.379 e. The van der Waals surface area contributed by atoms with Crippen molar-refractivity contribution in [2.24, 2.45) is 0 Å². The maximum atomic E-state index is 12.6. The average Bonchev–Trinajstić information content (AvgIpc) is 3.00. The summed E-state index contributed by atoms with van der Waals surface area (Å²) in [5.74, 6) is -0.0420. The Labute approximate surface area is 154 Å². The number of allylic oxidation sites excluding steroid dienone is 1. The standard InChI is InChI=1S/C20H27N3O3/c1-14(2)6-10-26-18-7-9-25-13-17(18)22-19(24)11-16-12-21-20-15(3)5-4-8-23(16)20/h4-6,8,12,17-18H,7,9-11,13H2,1-3H3,(H,22,24)/t17-,18+/m0/s1. The first-order valence-corrected chi connectivity index (χ1v) is 9.08. The van der Waals surface area contributed by atoms with Crippen LogP contribution in [0.25, 0.3) is 5.65 Å². The first-order valence-electron chi connectivity index (χ1n) is 9.08. The monoisotopic (exact) mass is 357 g/mol. The van der Waals surface area contributed by atoms with E-state index in [9.17, 15) is 4.79 Å². The highest BCUT2D eigenvalue weighted by Crippen LogP contribution is 2.14. The highest BCUT2D eigenvalue weighted by molar-refractivity contribution is 5.78. The van der Waals surface area contributed by atoms with Crippen molar-refractivity contribution in [3.05, 3.63) is 47.4 Å². The van der Waals surface area contributed by atoms with Crippen molar-refractivity contribution in [1.29, 1.82) is 0 Å². The van der Waals surface area contributed by atoms with Crippen LogP contribution in [0.2, 0.25) is 0 Å². The Morgan fingerprint density at radius 3 is 3.15 bits per heavy atom. The van der Waals surface area contributed by atoms with Crippen molar-refractivity contribution in [1.82, 2.24) is 14.7 Å². The molecular weight excluding hydrogens is 330 g/mol. The van der Waals surface area contributed by atoms with Gasteiger partial charge in [-0.05, 0) is 38.8 Å². The molecule has 6 nitrogen and oxygen atoms in total. The maximum Gasteiger partial charge on any atom is 0.226 e. The maximum absolute atomic E-state index is 12.6. The van der Waals surface area contributed by atoms with Crippen LogP contribution in [-0.2, 0) is 20.7 Å². The Bertz CT molecular complexity index is 793. The minimum Gasteiger partial charge on any atom is -0.379 e. The summed E-state index contributed by atoms with van der Waals surface area (Å²) in [6.45, 7) is 7.82. The summed E-state index contributed by atoms with van der Waals surface area (Å²) in [5, 5.41) is 3.07. The van der Waals surface area contributed by atoms with E-state index in [-0.39, 0.29) is 24.5 Å². The predicted octanol–water partition coefficient (Wildman–Crippen LogP) is 2.44. The molecule has 1 aliphatic heterocycles. The third-order valence-corrected chi connectivity index (χ3v) is 4.59. The molecule has 1 amide bonds. The smallest absolute Gasteiger partial charge is 0.226 e. The van der Waals surface area contributed by atoms with E-state index in [2.05, 4.69) is 16.4 Å². The number of pyridine rings is 1. The number of aromatic nitrogens is 2. The quantitative estimate of drug-likeness (QED) is 0.807. The van der Waals surface area contributed by atoms with Crippen molar-refractivity contribution in [2.75, 3.05) is 19.8 Å². The third kappa shape index (κ3) is 4.51. The average molecular weight is 357 g/mol. The van der Waals surface area contributed by atoms with Crippen LogP contribution in [0, 0.1) is 6.92 Å². The summed E-state index contributed by atoms with van der Waals surface area (Å²) >= 11 is 0. The lowest BCUT2D eigenvalue weighted by molar-refractivity contribution is -0.125. The van der Waals surface area contributed by atoms with Gasteiger partial charge in [0.1, 0.15) is 5.65 Å². The third-order valence-electron chi connectivity index (χ3n) is 4.59. The zero-order valence-electron chi connectivity index (χ0n) is 15.7. The molecule has 0 saturated carbocycles. The van der Waals surface area contributed by atoms with Crippen LogP contribution in [0.4, 0.5) is 0 Å². The number of ether oxygens (including phenoxy) is 2. The van der Waals surface area contributed by atoms with E-state index >= 15 is 0 Å². The second-order valence-electron chi connectivity index (χ2n) is 7.00. The Hall–Kier alpha value is -2.18. The van der Waals surface area contributed by atoms with Gasteiger partial charge in [-0.3, -0.25) is 4.79 Å². The van der Waals surface area contributed by atoms with Gasteiger partial charge in [-0.15, -0.1) is 0 Å². The molecule has 0 unspecified atom stereocenters. The summed E-state index contributed by atoms with van der Waals surface area (Å²) < 4.78 is 13.4. The van der Waals surface area contributed by atoms with Crippen LogP contribution >= 0.6 is 0 Å². The van der Waals surface area contributed by atoms with Crippen molar-refractivity contribution in [2.45, 2.75) is 45.8 Å². The minimum absolute atomic E-state index is 0.0206. The van der Waals surface area contributed by atoms with Crippen LogP contribution in [0.1, 0.15) is 31.5 Å². The Morgan fingerprint density at radius 2 is 2.35 bits per heavy atom. The molecule has 1 N–H and O–H groups in total. The number of carbonyl (C=O) groups excluding carboxylic acids is 1. The molecule has 3 heterocycles. The molecule has 0 aliphatic carbocycles. The predicted molar refractivity (Wildman–Crippen MR) is 100 cm³/mol. The molecule has 2 aromatic rings. The topological polar surface area (TPSA) is 64.9 Å². The lowest BCUT2D eigenvalue weighted by atomic mass is 10.1. The summed E-state index contributed by atoms with van der Waals surface area (Å²) in [6.07, 6.45) is 6.80. The fourth-order valence-electron chi connectivity index (χ4n) is 3.15. The Morgan fingerprint density at radius 1 is 1.50 bits per heavy atom. The normalized spacial score (nSPS) is 20.1. The van der Waals surface area contributed by atoms with Crippen molar-refractivity contribution < 1.29 is 14.3 Å². The van der Waals surface area contributed by atoms with Crippen LogP contribution in [0.5, 0.6) is 0 Å². The van der Waals surface area contributed by atoms with Crippen molar-refractivity contribution >= 4 is 11.6 Å². The van der Waals surface area contributed by atoms with Crippen LogP contribution < -0.4 is 5.32 Å². The first-order chi connectivity index (χ1) is 12.5. The molecular formula is C20H27N3O3. The van der Waals surface area contributed by atoms with E-state index in [4.69, 9.17) is 9.47 Å². The number of aryl methyl sites for hydroxylation is 1. The molecule has 2 atom stereocenters. The van der Waals surface area contributed by atoms with Crippen molar-refractivity contribution in [3.63, 3.8) is 0 Å². The highest BCUT2D eigenvalue weighted by atomic mass is 16.5. The number of hydrogen-bond donors (Lipinski definition) is 1. The Balaban J connectivity index is 1.62. The number of hydrogen-bond acceptors (Lipinski definition) is 4. The van der Waals surface area contributed by atoms with E-state index in [0.29, 0.717) is 19.8 Å². The SMILES string of the molecule is CC(C)=CCO[C@@H]1CCOC[C@@H]1NC(=O)Cc1cnc2c(C)cccn12. The summed E-state index contributed by atoms with van der Waals surface area (Å²) in [7, 11) is 0. The van der Waals surface area contributed by atoms with Crippen molar-refractivity contribution in [3.8, 4) is 0 Å². The molecule has 2 aromatic heterocycles. The summed E-state index contributed by atoms with van der Waals surface area (Å²) in [5.41, 5.74) is 4.08. The summed E-state index contributed by atoms with van der Waals surface area (Å²) in [4.78, 5) is 17.0. The number of imidazole rings is 1. The summed E-state index contributed by atoms with van der Waals surface area (Å²) in [6, 6.07) is 3.86. The van der Waals surface area contributed by atoms with Gasteiger partial charge in [0.25, 0.3) is 0 Å². The van der Waals surface area contributed by atoms with E-state index in [1.54, 1.807) is 6.20 Å². The van der Waals surface area contributed by atoms with E-state index in [1.165, 1.54) is 5.57 Å². The van der Waals surface area contributed by atoms with E-state index < -0.39 is 0 Å². The van der Waals surface area contributed by atoms with Gasteiger partial charge in [-0.2, -0.15) is 0 Å². The van der Waals surface area contributed by atoms with Gasteiger partial charge in [0.15, 0.2) is 0 Å². The number of carbonyl (C=O) groups is 1. The zero-order chi connectivity index (χ0) is 18.5. The lowest BCUT2D eigenvalue weighted by Gasteiger charge is -2.31. The fourth-order valence-corrected chi connectivity index (χ4v) is 3.15. The van der Waals surface area contributed by atoms with Gasteiger partial charge in [-0.1, -0.05) is 17.7 Å². The molecule has 0 aromatic carbocycles. The number of nitrogens with one attached hydrogen (secondary N) is 1. The fraction of sp³-hybridized carbons (Fsp3) is 0.500. The second kappa shape index (κ2) is 8.47. The number of amides is 1. The van der Waals surface area contributed by atoms with Gasteiger partial charge in [0, 0.05) is 19.0 Å². The Kier molecular flexibility index (Phi) is 6.06. The van der Waals surface area contributed by atoms with Gasteiger partial charge >= 0.3 is 0 Å². The number of nitrogens with zero attached hydrogens (tertiary/aromatic N) is 2.